The van der Waals surface area contributed by atoms with Gasteiger partial charge in [-0.1, -0.05) is 0 Å². The molecule has 0 radical (unpaired) electrons. The van der Waals surface area contributed by atoms with Gasteiger partial charge in [0.05, 0.1) is 24.0 Å². The molecule has 0 spiro atoms. The van der Waals surface area contributed by atoms with Crippen molar-refractivity contribution < 1.29 is 13.2 Å². The summed E-state index contributed by atoms with van der Waals surface area (Å²) >= 11 is 0. The third-order valence-electron chi connectivity index (χ3n) is 2.57. The van der Waals surface area contributed by atoms with E-state index in [-0.39, 0.29) is 11.8 Å². The monoisotopic (exact) mass is 269 g/mol. The fourth-order valence-electron chi connectivity index (χ4n) is 1.70. The van der Waals surface area contributed by atoms with E-state index in [2.05, 4.69) is 15.3 Å². The van der Waals surface area contributed by atoms with E-state index in [0.717, 1.165) is 5.56 Å². The molecule has 0 aliphatic carbocycles. The summed E-state index contributed by atoms with van der Waals surface area (Å²) in [5, 5.41) is 4.29. The van der Waals surface area contributed by atoms with E-state index >= 15 is 0 Å². The van der Waals surface area contributed by atoms with Gasteiger partial charge in [-0.3, -0.25) is 0 Å². The first-order chi connectivity index (χ1) is 8.52. The Kier molecular flexibility index (Phi) is 3.51. The van der Waals surface area contributed by atoms with Crippen LogP contribution in [0.4, 0.5) is 5.82 Å². The summed E-state index contributed by atoms with van der Waals surface area (Å²) in [5.41, 5.74) is 0.775. The van der Waals surface area contributed by atoms with Crippen LogP contribution in [-0.4, -0.2) is 36.8 Å². The third-order valence-corrected chi connectivity index (χ3v) is 3.97. The van der Waals surface area contributed by atoms with Crippen LogP contribution in [0.2, 0.25) is 0 Å². The van der Waals surface area contributed by atoms with Crippen molar-refractivity contribution in [2.45, 2.75) is 19.9 Å². The van der Waals surface area contributed by atoms with Crippen molar-refractivity contribution >= 4 is 15.7 Å². The topological polar surface area (TPSA) is 81.2 Å². The lowest BCUT2D eigenvalue weighted by Gasteiger charge is -2.14. The normalized spacial score (nSPS) is 20.9. The second-order valence-electron chi connectivity index (χ2n) is 3.99. The number of hydrogen-bond acceptors (Lipinski definition) is 6. The van der Waals surface area contributed by atoms with Gasteiger partial charge >= 0.3 is 0 Å². The van der Waals surface area contributed by atoms with E-state index in [1.807, 2.05) is 13.8 Å². The number of nitrogens with zero attached hydrogens (tertiary/aromatic N) is 2. The lowest BCUT2D eigenvalue weighted by atomic mass is 10.3. The summed E-state index contributed by atoms with van der Waals surface area (Å²) in [7, 11) is -3.07. The largest absolute Gasteiger partial charge is 0.478 e. The Bertz CT molecular complexity index is 569. The molecule has 0 saturated heterocycles. The average Bonchev–Trinajstić information content (AvgIpc) is 2.64. The van der Waals surface area contributed by atoms with Gasteiger partial charge in [0.25, 0.3) is 0 Å². The van der Waals surface area contributed by atoms with Crippen LogP contribution >= 0.6 is 0 Å². The zero-order valence-corrected chi connectivity index (χ0v) is 11.1. The van der Waals surface area contributed by atoms with Crippen molar-refractivity contribution in [1.29, 1.82) is 0 Å². The zero-order valence-electron chi connectivity index (χ0n) is 10.3. The van der Waals surface area contributed by atoms with Gasteiger partial charge in [-0.25, -0.2) is 18.4 Å². The lowest BCUT2D eigenvalue weighted by molar-refractivity contribution is 0.324. The van der Waals surface area contributed by atoms with Gasteiger partial charge in [-0.15, -0.1) is 0 Å². The maximum atomic E-state index is 11.3. The number of rotatable bonds is 4. The molecular formula is C11H15N3O3S. The Morgan fingerprint density at radius 2 is 2.28 bits per heavy atom. The highest BCUT2D eigenvalue weighted by Crippen LogP contribution is 2.22. The van der Waals surface area contributed by atoms with Crippen LogP contribution in [0, 0.1) is 6.92 Å². The molecule has 0 amide bonds. The molecule has 0 aromatic carbocycles. The minimum Gasteiger partial charge on any atom is -0.478 e. The van der Waals surface area contributed by atoms with Crippen LogP contribution in [0.15, 0.2) is 17.8 Å². The van der Waals surface area contributed by atoms with E-state index in [1.165, 1.54) is 11.7 Å². The van der Waals surface area contributed by atoms with E-state index in [0.29, 0.717) is 18.3 Å². The fourth-order valence-corrected chi connectivity index (χ4v) is 2.94. The molecule has 1 N–H and O–H groups in total. The minimum absolute atomic E-state index is 0.0560. The second kappa shape index (κ2) is 4.93. The molecule has 98 valence electrons. The summed E-state index contributed by atoms with van der Waals surface area (Å²) < 4.78 is 28.0. The standard InChI is InChI=1S/C11H15N3O3S/c1-3-17-11-8(2)10(12-7-13-11)14-9-4-5-18(15,16)6-9/h4-5,7,9H,3,6H2,1-2H3,(H,12,13,14). The second-order valence-corrected chi connectivity index (χ2v) is 5.93. The van der Waals surface area contributed by atoms with Crippen molar-refractivity contribution in [3.05, 3.63) is 23.4 Å². The van der Waals surface area contributed by atoms with Gasteiger partial charge < -0.3 is 10.1 Å². The molecule has 6 nitrogen and oxygen atoms in total. The molecule has 7 heteroatoms. The van der Waals surface area contributed by atoms with Gasteiger partial charge in [-0.2, -0.15) is 0 Å². The van der Waals surface area contributed by atoms with Crippen molar-refractivity contribution in [3.8, 4) is 5.88 Å². The number of hydrogen-bond donors (Lipinski definition) is 1. The van der Waals surface area contributed by atoms with E-state index in [1.54, 1.807) is 6.08 Å². The van der Waals surface area contributed by atoms with E-state index < -0.39 is 9.84 Å². The summed E-state index contributed by atoms with van der Waals surface area (Å²) in [6, 6.07) is -0.252. The quantitative estimate of drug-likeness (QED) is 0.875. The van der Waals surface area contributed by atoms with Crippen LogP contribution in [0.25, 0.3) is 0 Å². The number of ether oxygens (including phenoxy) is 1. The molecule has 1 aromatic heterocycles. The Labute approximate surface area is 106 Å². The fraction of sp³-hybridized carbons (Fsp3) is 0.455. The van der Waals surface area contributed by atoms with Crippen molar-refractivity contribution in [2.75, 3.05) is 17.7 Å². The summed E-state index contributed by atoms with van der Waals surface area (Å²) in [6.45, 7) is 4.23. The Morgan fingerprint density at radius 3 is 2.89 bits per heavy atom. The summed E-state index contributed by atoms with van der Waals surface area (Å²) in [4.78, 5) is 8.12. The molecule has 1 aliphatic rings. The Morgan fingerprint density at radius 1 is 1.50 bits per heavy atom. The molecule has 0 bridgehead atoms. The van der Waals surface area contributed by atoms with Gasteiger partial charge in [0.15, 0.2) is 9.84 Å². The molecule has 1 aromatic rings. The predicted molar refractivity (Wildman–Crippen MR) is 68.3 cm³/mol. The lowest BCUT2D eigenvalue weighted by Crippen LogP contribution is -2.22. The van der Waals surface area contributed by atoms with Crippen LogP contribution in [0.5, 0.6) is 5.88 Å². The molecular weight excluding hydrogens is 254 g/mol. The van der Waals surface area contributed by atoms with Crippen molar-refractivity contribution in [2.24, 2.45) is 0 Å². The van der Waals surface area contributed by atoms with E-state index in [4.69, 9.17) is 4.74 Å². The first-order valence-electron chi connectivity index (χ1n) is 5.63. The molecule has 2 rings (SSSR count). The highest BCUT2D eigenvalue weighted by atomic mass is 32.2. The Hall–Kier alpha value is -1.63. The first kappa shape index (κ1) is 12.8. The highest BCUT2D eigenvalue weighted by Gasteiger charge is 2.22. The van der Waals surface area contributed by atoms with Gasteiger partial charge in [0.1, 0.15) is 12.1 Å². The average molecular weight is 269 g/mol. The Balaban J connectivity index is 2.15. The molecule has 0 fully saturated rings. The summed E-state index contributed by atoms with van der Waals surface area (Å²) in [5.74, 6) is 1.17. The highest BCUT2D eigenvalue weighted by molar-refractivity contribution is 7.94. The van der Waals surface area contributed by atoms with Gasteiger partial charge in [-0.05, 0) is 19.9 Å². The van der Waals surface area contributed by atoms with E-state index in [9.17, 15) is 8.42 Å². The number of anilines is 1. The SMILES string of the molecule is CCOc1ncnc(NC2C=CS(=O)(=O)C2)c1C. The number of sulfone groups is 1. The van der Waals surface area contributed by atoms with Crippen molar-refractivity contribution in [1.82, 2.24) is 9.97 Å². The minimum atomic E-state index is -3.07. The zero-order chi connectivity index (χ0) is 13.2. The molecule has 2 heterocycles. The van der Waals surface area contributed by atoms with Gasteiger partial charge in [0.2, 0.25) is 5.88 Å². The first-order valence-corrected chi connectivity index (χ1v) is 7.35. The van der Waals surface area contributed by atoms with Crippen LogP contribution in [0.1, 0.15) is 12.5 Å². The molecule has 1 unspecified atom stereocenters. The van der Waals surface area contributed by atoms with Gasteiger partial charge in [0, 0.05) is 5.41 Å². The maximum Gasteiger partial charge on any atom is 0.221 e. The molecule has 0 saturated carbocycles. The number of nitrogens with one attached hydrogen (secondary N) is 1. The van der Waals surface area contributed by atoms with Crippen LogP contribution in [0.3, 0.4) is 0 Å². The molecule has 18 heavy (non-hydrogen) atoms. The summed E-state index contributed by atoms with van der Waals surface area (Å²) in [6.07, 6.45) is 3.02. The van der Waals surface area contributed by atoms with Crippen molar-refractivity contribution in [3.63, 3.8) is 0 Å². The van der Waals surface area contributed by atoms with Crippen LogP contribution in [-0.2, 0) is 9.84 Å². The number of aromatic nitrogens is 2. The smallest absolute Gasteiger partial charge is 0.221 e. The molecule has 1 atom stereocenters. The van der Waals surface area contributed by atoms with Crippen LogP contribution < -0.4 is 10.1 Å². The maximum absolute atomic E-state index is 11.3. The third kappa shape index (κ3) is 2.79. The molecule has 1 aliphatic heterocycles. The predicted octanol–water partition coefficient (Wildman–Crippen LogP) is 0.906.